The quantitative estimate of drug-likeness (QED) is 0.400. The smallest absolute Gasteiger partial charge is 0.357 e. The number of aromatic carboxylic acids is 1. The summed E-state index contributed by atoms with van der Waals surface area (Å²) in [5, 5.41) is 14.0. The Morgan fingerprint density at radius 1 is 0.946 bits per heavy atom. The zero-order chi connectivity index (χ0) is 26.4. The fraction of sp³-hybridized carbons (Fsp3) is 0.172. The molecule has 1 N–H and O–H groups in total. The first-order chi connectivity index (χ1) is 17.6. The van der Waals surface area contributed by atoms with Crippen molar-refractivity contribution in [2.45, 2.75) is 23.7 Å². The Morgan fingerprint density at radius 2 is 1.57 bits per heavy atom. The van der Waals surface area contributed by atoms with Crippen molar-refractivity contribution in [2.24, 2.45) is 0 Å². The summed E-state index contributed by atoms with van der Waals surface area (Å²) in [5.74, 6) is -1.28. The lowest BCUT2D eigenvalue weighted by atomic mass is 9.68. The minimum atomic E-state index is -4.14. The molecule has 8 heteroatoms. The predicted octanol–water partition coefficient (Wildman–Crippen LogP) is 4.75. The van der Waals surface area contributed by atoms with Crippen LogP contribution in [0.5, 0.6) is 0 Å². The van der Waals surface area contributed by atoms with Crippen LogP contribution in [0, 0.1) is 6.92 Å². The first-order valence-electron chi connectivity index (χ1n) is 11.8. The van der Waals surface area contributed by atoms with Crippen LogP contribution in [-0.2, 0) is 21.9 Å². The molecule has 0 amide bonds. The number of hydrogen-bond acceptors (Lipinski definition) is 5. The van der Waals surface area contributed by atoms with E-state index in [1.165, 1.54) is 12.1 Å². The van der Waals surface area contributed by atoms with Gasteiger partial charge in [0, 0.05) is 37.2 Å². The lowest BCUT2D eigenvalue weighted by Gasteiger charge is -2.35. The molecule has 0 fully saturated rings. The van der Waals surface area contributed by atoms with Crippen LogP contribution < -0.4 is 4.90 Å². The van der Waals surface area contributed by atoms with Crippen LogP contribution in [0.3, 0.4) is 0 Å². The van der Waals surface area contributed by atoms with Gasteiger partial charge in [0.05, 0.1) is 10.6 Å². The van der Waals surface area contributed by atoms with E-state index in [9.17, 15) is 18.3 Å². The zero-order valence-electron chi connectivity index (χ0n) is 20.8. The van der Waals surface area contributed by atoms with Gasteiger partial charge in [0.2, 0.25) is 0 Å². The number of carboxylic acids is 1. The van der Waals surface area contributed by atoms with Gasteiger partial charge in [0.25, 0.3) is 10.0 Å². The minimum absolute atomic E-state index is 0.0514. The van der Waals surface area contributed by atoms with E-state index < -0.39 is 21.4 Å². The molecular weight excluding hydrogens is 486 g/mol. The van der Waals surface area contributed by atoms with Crippen molar-refractivity contribution in [2.75, 3.05) is 19.0 Å². The molecule has 1 aliphatic carbocycles. The Labute approximate surface area is 216 Å². The number of nitrogens with zero attached hydrogens (tertiary/aromatic N) is 3. The summed E-state index contributed by atoms with van der Waals surface area (Å²) in [6.45, 7) is 1.87. The monoisotopic (exact) mass is 513 g/mol. The van der Waals surface area contributed by atoms with Crippen molar-refractivity contribution < 1.29 is 18.3 Å². The van der Waals surface area contributed by atoms with Crippen molar-refractivity contribution in [1.82, 2.24) is 9.19 Å². The first-order valence-corrected chi connectivity index (χ1v) is 13.3. The Balaban J connectivity index is 1.74. The highest BCUT2D eigenvalue weighted by Gasteiger charge is 2.40. The fourth-order valence-electron chi connectivity index (χ4n) is 4.85. The summed E-state index contributed by atoms with van der Waals surface area (Å²) >= 11 is 0. The molecule has 1 aromatic heterocycles. The molecule has 188 valence electrons. The molecule has 1 aliphatic rings. The van der Waals surface area contributed by atoms with Crippen molar-refractivity contribution in [1.29, 1.82) is 0 Å². The van der Waals surface area contributed by atoms with E-state index in [2.05, 4.69) is 5.10 Å². The number of aryl methyl sites for hydroxylation is 1. The van der Waals surface area contributed by atoms with Crippen molar-refractivity contribution >= 4 is 27.8 Å². The molecule has 1 unspecified atom stereocenters. The van der Waals surface area contributed by atoms with E-state index in [-0.39, 0.29) is 17.0 Å². The number of benzene rings is 3. The van der Waals surface area contributed by atoms with E-state index in [1.807, 2.05) is 86.6 Å². The SMILES string of the molecule is Cc1ccc(S(=O)(=O)n2nc(C(=O)O)c3c2CC(c2ccccc2)(c2ccc(N(C)C)cc2)C=C3)cc1. The van der Waals surface area contributed by atoms with E-state index in [0.717, 1.165) is 26.5 Å². The lowest BCUT2D eigenvalue weighted by Crippen LogP contribution is -2.32. The number of rotatable bonds is 6. The zero-order valence-corrected chi connectivity index (χ0v) is 21.6. The third-order valence-electron chi connectivity index (χ3n) is 6.91. The molecule has 5 rings (SSSR count). The fourth-order valence-corrected chi connectivity index (χ4v) is 6.18. The maximum Gasteiger partial charge on any atom is 0.357 e. The summed E-state index contributed by atoms with van der Waals surface area (Å²) in [5.41, 5.74) is 3.50. The van der Waals surface area contributed by atoms with Crippen molar-refractivity contribution in [3.8, 4) is 0 Å². The molecule has 0 aliphatic heterocycles. The van der Waals surface area contributed by atoms with Crippen LogP contribution in [0.1, 0.15) is 38.4 Å². The van der Waals surface area contributed by atoms with Gasteiger partial charge in [0.1, 0.15) is 0 Å². The topological polar surface area (TPSA) is 92.5 Å². The first kappa shape index (κ1) is 24.5. The summed E-state index contributed by atoms with van der Waals surface area (Å²) in [6, 6.07) is 24.4. The number of hydrogen-bond donors (Lipinski definition) is 1. The third-order valence-corrected chi connectivity index (χ3v) is 8.53. The van der Waals surface area contributed by atoms with Gasteiger partial charge in [0.15, 0.2) is 5.69 Å². The highest BCUT2D eigenvalue weighted by atomic mass is 32.2. The third kappa shape index (κ3) is 4.13. The minimum Gasteiger partial charge on any atom is -0.476 e. The van der Waals surface area contributed by atoms with E-state index >= 15 is 0 Å². The number of allylic oxidation sites excluding steroid dienone is 1. The number of carbonyl (C=O) groups is 1. The van der Waals surface area contributed by atoms with Crippen molar-refractivity contribution in [3.63, 3.8) is 0 Å². The molecule has 0 bridgehead atoms. The molecular formula is C29H27N3O4S. The van der Waals surface area contributed by atoms with Gasteiger partial charge < -0.3 is 10.0 Å². The normalized spacial score (nSPS) is 16.8. The highest BCUT2D eigenvalue weighted by Crippen LogP contribution is 2.43. The van der Waals surface area contributed by atoms with Gasteiger partial charge in [-0.15, -0.1) is 5.10 Å². The molecule has 0 radical (unpaired) electrons. The Hall–Kier alpha value is -4.17. The van der Waals surface area contributed by atoms with Gasteiger partial charge in [-0.3, -0.25) is 0 Å². The second kappa shape index (κ2) is 9.05. The maximum atomic E-state index is 13.7. The molecule has 4 aromatic rings. The Morgan fingerprint density at radius 3 is 2.16 bits per heavy atom. The van der Waals surface area contributed by atoms with Gasteiger partial charge in [-0.05, 0) is 42.3 Å². The van der Waals surface area contributed by atoms with Gasteiger partial charge >= 0.3 is 5.97 Å². The predicted molar refractivity (Wildman–Crippen MR) is 144 cm³/mol. The molecule has 7 nitrogen and oxygen atoms in total. The standard InChI is InChI=1S/C29H27N3O4S/c1-20-9-15-24(16-10-20)37(35,36)32-26-19-29(21-7-5-4-6-8-21,18-17-25(26)27(30-32)28(33)34)22-11-13-23(14-12-22)31(2)3/h4-18H,19H2,1-3H3,(H,33,34). The Kier molecular flexibility index (Phi) is 6.00. The summed E-state index contributed by atoms with van der Waals surface area (Å²) in [4.78, 5) is 14.1. The van der Waals surface area contributed by atoms with E-state index in [4.69, 9.17) is 0 Å². The summed E-state index contributed by atoms with van der Waals surface area (Å²) in [7, 11) is -0.203. The molecule has 3 aromatic carbocycles. The van der Waals surface area contributed by atoms with Crippen LogP contribution in [0.4, 0.5) is 5.69 Å². The van der Waals surface area contributed by atoms with Crippen LogP contribution in [0.2, 0.25) is 0 Å². The second-order valence-corrected chi connectivity index (χ2v) is 11.2. The largest absolute Gasteiger partial charge is 0.476 e. The lowest BCUT2D eigenvalue weighted by molar-refractivity contribution is 0.0690. The van der Waals surface area contributed by atoms with Crippen LogP contribution in [0.25, 0.3) is 6.08 Å². The number of anilines is 1. The van der Waals surface area contributed by atoms with Crippen molar-refractivity contribution in [3.05, 3.63) is 119 Å². The van der Waals surface area contributed by atoms with Crippen LogP contribution >= 0.6 is 0 Å². The molecule has 1 atom stereocenters. The average Bonchev–Trinajstić information content (AvgIpc) is 3.29. The molecule has 0 saturated carbocycles. The second-order valence-electron chi connectivity index (χ2n) is 9.46. The van der Waals surface area contributed by atoms with Crippen LogP contribution in [-0.4, -0.2) is 42.8 Å². The van der Waals surface area contributed by atoms with E-state index in [0.29, 0.717) is 11.3 Å². The molecule has 37 heavy (non-hydrogen) atoms. The van der Waals surface area contributed by atoms with Gasteiger partial charge in [-0.25, -0.2) is 4.79 Å². The van der Waals surface area contributed by atoms with E-state index in [1.54, 1.807) is 18.2 Å². The maximum absolute atomic E-state index is 13.7. The highest BCUT2D eigenvalue weighted by molar-refractivity contribution is 7.89. The number of fused-ring (bicyclic) bond motifs is 1. The van der Waals surface area contributed by atoms with Crippen LogP contribution in [0.15, 0.2) is 89.8 Å². The summed E-state index contributed by atoms with van der Waals surface area (Å²) < 4.78 is 28.4. The number of aromatic nitrogens is 2. The average molecular weight is 514 g/mol. The van der Waals surface area contributed by atoms with Gasteiger partial charge in [-0.2, -0.15) is 12.5 Å². The molecule has 1 heterocycles. The van der Waals surface area contributed by atoms with Gasteiger partial charge in [-0.1, -0.05) is 72.3 Å². The Bertz CT molecular complexity index is 1600. The number of carboxylic acid groups (broad SMARTS) is 1. The summed E-state index contributed by atoms with van der Waals surface area (Å²) in [6.07, 6.45) is 3.88. The molecule has 0 saturated heterocycles. The molecule has 0 spiro atoms.